The molecule has 2 aromatic carbocycles. The molecule has 0 spiro atoms. The predicted molar refractivity (Wildman–Crippen MR) is 102 cm³/mol. The molecule has 1 amide bonds. The van der Waals surface area contributed by atoms with E-state index >= 15 is 0 Å². The van der Waals surface area contributed by atoms with Gasteiger partial charge in [-0.15, -0.1) is 16.4 Å². The third-order valence-corrected chi connectivity index (χ3v) is 4.87. The molecule has 2 aromatic heterocycles. The first kappa shape index (κ1) is 16.6. The molecule has 0 fully saturated rings. The Morgan fingerprint density at radius 3 is 2.73 bits per heavy atom. The second-order valence-electron chi connectivity index (χ2n) is 5.41. The van der Waals surface area contributed by atoms with Gasteiger partial charge in [-0.1, -0.05) is 35.9 Å². The minimum atomic E-state index is -0.325. The lowest BCUT2D eigenvalue weighted by atomic mass is 10.2. The fourth-order valence-corrected chi connectivity index (χ4v) is 3.51. The van der Waals surface area contributed by atoms with Crippen molar-refractivity contribution in [3.05, 3.63) is 64.5 Å². The molecule has 4 aromatic rings. The molecule has 0 atom stereocenters. The average Bonchev–Trinajstić information content (AvgIpc) is 3.22. The van der Waals surface area contributed by atoms with Crippen LogP contribution in [0.5, 0.6) is 5.75 Å². The number of benzene rings is 2. The number of methoxy groups -OCH3 is 1. The molecule has 4 rings (SSSR count). The first-order valence-electron chi connectivity index (χ1n) is 7.70. The molecule has 6 nitrogen and oxygen atoms in total. The Morgan fingerprint density at radius 1 is 1.19 bits per heavy atom. The molecule has 0 bridgehead atoms. The van der Waals surface area contributed by atoms with Crippen LogP contribution < -0.4 is 10.1 Å². The summed E-state index contributed by atoms with van der Waals surface area (Å²) in [5, 5.41) is 9.76. The molecule has 0 saturated heterocycles. The van der Waals surface area contributed by atoms with Gasteiger partial charge in [0.2, 0.25) is 4.96 Å². The molecule has 0 unspecified atom stereocenters. The maximum Gasteiger partial charge on any atom is 0.261 e. The number of nitrogens with one attached hydrogen (secondary N) is 1. The molecule has 26 heavy (non-hydrogen) atoms. The number of fused-ring (bicyclic) bond motifs is 1. The topological polar surface area (TPSA) is 68.5 Å². The standard InChI is InChI=1S/C18H13ClN4O2S/c1-25-15-5-3-2-4-13(15)16(24)20-17-21-18-23(22-17)14(10-26-18)11-6-8-12(19)9-7-11/h2-10H,1H3,(H,20,22,24). The summed E-state index contributed by atoms with van der Waals surface area (Å²) in [5.74, 6) is 0.407. The second kappa shape index (κ2) is 6.78. The van der Waals surface area contributed by atoms with Gasteiger partial charge in [-0.25, -0.2) is 4.52 Å². The van der Waals surface area contributed by atoms with Crippen LogP contribution in [0.25, 0.3) is 16.2 Å². The zero-order valence-electron chi connectivity index (χ0n) is 13.6. The van der Waals surface area contributed by atoms with Crippen LogP contribution in [0.2, 0.25) is 5.02 Å². The highest BCUT2D eigenvalue weighted by Crippen LogP contribution is 2.27. The second-order valence-corrected chi connectivity index (χ2v) is 6.69. The van der Waals surface area contributed by atoms with Gasteiger partial charge in [-0.2, -0.15) is 4.98 Å². The van der Waals surface area contributed by atoms with Crippen LogP contribution in [-0.4, -0.2) is 27.6 Å². The van der Waals surface area contributed by atoms with E-state index < -0.39 is 0 Å². The van der Waals surface area contributed by atoms with Crippen molar-refractivity contribution in [2.75, 3.05) is 12.4 Å². The van der Waals surface area contributed by atoms with Gasteiger partial charge in [0.15, 0.2) is 0 Å². The van der Waals surface area contributed by atoms with Gasteiger partial charge in [0.25, 0.3) is 11.9 Å². The lowest BCUT2D eigenvalue weighted by molar-refractivity contribution is 0.102. The summed E-state index contributed by atoms with van der Waals surface area (Å²) < 4.78 is 6.92. The van der Waals surface area contributed by atoms with Gasteiger partial charge in [-0.3, -0.25) is 10.1 Å². The number of para-hydroxylation sites is 1. The molecule has 0 radical (unpaired) electrons. The van der Waals surface area contributed by atoms with Gasteiger partial charge in [0.05, 0.1) is 18.4 Å². The number of ether oxygens (including phenoxy) is 1. The fourth-order valence-electron chi connectivity index (χ4n) is 2.55. The Bertz CT molecular complexity index is 1090. The van der Waals surface area contributed by atoms with Crippen LogP contribution in [0.15, 0.2) is 53.9 Å². The number of hydrogen-bond donors (Lipinski definition) is 1. The molecule has 0 aliphatic rings. The third-order valence-electron chi connectivity index (χ3n) is 3.80. The minimum Gasteiger partial charge on any atom is -0.496 e. The number of thiazole rings is 1. The number of anilines is 1. The van der Waals surface area contributed by atoms with E-state index in [-0.39, 0.29) is 11.9 Å². The third kappa shape index (κ3) is 3.02. The van der Waals surface area contributed by atoms with E-state index in [9.17, 15) is 4.79 Å². The molecular weight excluding hydrogens is 372 g/mol. The monoisotopic (exact) mass is 384 g/mol. The Labute approximate surface area is 158 Å². The Kier molecular flexibility index (Phi) is 4.32. The van der Waals surface area contributed by atoms with Crippen LogP contribution in [0.4, 0.5) is 5.95 Å². The molecule has 2 heterocycles. The highest BCUT2D eigenvalue weighted by atomic mass is 35.5. The molecule has 0 aliphatic carbocycles. The maximum atomic E-state index is 12.5. The van der Waals surface area contributed by atoms with Gasteiger partial charge in [-0.05, 0) is 24.3 Å². The van der Waals surface area contributed by atoms with Crippen molar-refractivity contribution in [3.8, 4) is 17.0 Å². The van der Waals surface area contributed by atoms with Crippen molar-refractivity contribution in [1.29, 1.82) is 0 Å². The summed E-state index contributed by atoms with van der Waals surface area (Å²) in [5.41, 5.74) is 2.27. The quantitative estimate of drug-likeness (QED) is 0.567. The van der Waals surface area contributed by atoms with Gasteiger partial charge in [0.1, 0.15) is 5.75 Å². The molecule has 1 N–H and O–H groups in total. The highest BCUT2D eigenvalue weighted by Gasteiger charge is 2.16. The van der Waals surface area contributed by atoms with Gasteiger partial charge >= 0.3 is 0 Å². The van der Waals surface area contributed by atoms with Crippen molar-refractivity contribution < 1.29 is 9.53 Å². The van der Waals surface area contributed by atoms with Crippen molar-refractivity contribution >= 4 is 39.8 Å². The maximum absolute atomic E-state index is 12.5. The summed E-state index contributed by atoms with van der Waals surface area (Å²) in [6, 6.07) is 14.5. The molecule has 130 valence electrons. The number of amides is 1. The van der Waals surface area contributed by atoms with Crippen molar-refractivity contribution in [2.24, 2.45) is 0 Å². The van der Waals surface area contributed by atoms with Crippen LogP contribution in [0.1, 0.15) is 10.4 Å². The van der Waals surface area contributed by atoms with E-state index in [2.05, 4.69) is 15.4 Å². The van der Waals surface area contributed by atoms with Crippen LogP contribution >= 0.6 is 22.9 Å². The van der Waals surface area contributed by atoms with Crippen LogP contribution in [-0.2, 0) is 0 Å². The fraction of sp³-hybridized carbons (Fsp3) is 0.0556. The van der Waals surface area contributed by atoms with Crippen molar-refractivity contribution in [1.82, 2.24) is 14.6 Å². The number of rotatable bonds is 4. The van der Waals surface area contributed by atoms with E-state index in [1.807, 2.05) is 29.6 Å². The average molecular weight is 385 g/mol. The number of aromatic nitrogens is 3. The van der Waals surface area contributed by atoms with Gasteiger partial charge < -0.3 is 4.74 Å². The van der Waals surface area contributed by atoms with Crippen LogP contribution in [0, 0.1) is 0 Å². The largest absolute Gasteiger partial charge is 0.496 e. The normalized spacial score (nSPS) is 10.8. The SMILES string of the molecule is COc1ccccc1C(=O)Nc1nc2scc(-c3ccc(Cl)cc3)n2n1. The van der Waals surface area contributed by atoms with E-state index in [0.29, 0.717) is 21.3 Å². The lowest BCUT2D eigenvalue weighted by Gasteiger charge is -2.06. The lowest BCUT2D eigenvalue weighted by Crippen LogP contribution is -2.14. The molecular formula is C18H13ClN4O2S. The first-order valence-corrected chi connectivity index (χ1v) is 8.96. The zero-order valence-corrected chi connectivity index (χ0v) is 15.2. The molecule has 8 heteroatoms. The number of nitrogens with zero attached hydrogens (tertiary/aromatic N) is 3. The predicted octanol–water partition coefficient (Wildman–Crippen LogP) is 4.37. The Morgan fingerprint density at radius 2 is 1.96 bits per heavy atom. The van der Waals surface area contributed by atoms with E-state index in [0.717, 1.165) is 11.3 Å². The van der Waals surface area contributed by atoms with E-state index in [4.69, 9.17) is 16.3 Å². The van der Waals surface area contributed by atoms with Crippen molar-refractivity contribution in [3.63, 3.8) is 0 Å². The molecule has 0 aliphatic heterocycles. The Hall–Kier alpha value is -2.90. The number of carbonyl (C=O) groups excluding carboxylic acids is 1. The molecule has 0 saturated carbocycles. The van der Waals surface area contributed by atoms with Gasteiger partial charge in [0, 0.05) is 16.0 Å². The number of halogens is 1. The summed E-state index contributed by atoms with van der Waals surface area (Å²) in [7, 11) is 1.52. The number of hydrogen-bond acceptors (Lipinski definition) is 5. The van der Waals surface area contributed by atoms with E-state index in [1.54, 1.807) is 28.8 Å². The minimum absolute atomic E-state index is 0.239. The van der Waals surface area contributed by atoms with E-state index in [1.165, 1.54) is 18.4 Å². The van der Waals surface area contributed by atoms with Crippen LogP contribution in [0.3, 0.4) is 0 Å². The highest BCUT2D eigenvalue weighted by molar-refractivity contribution is 7.15. The van der Waals surface area contributed by atoms with Crippen molar-refractivity contribution in [2.45, 2.75) is 0 Å². The Balaban J connectivity index is 1.64. The zero-order chi connectivity index (χ0) is 18.1. The summed E-state index contributed by atoms with van der Waals surface area (Å²) in [6.07, 6.45) is 0. The smallest absolute Gasteiger partial charge is 0.261 e. The summed E-state index contributed by atoms with van der Waals surface area (Å²) in [6.45, 7) is 0. The number of carbonyl (C=O) groups is 1. The summed E-state index contributed by atoms with van der Waals surface area (Å²) in [4.78, 5) is 17.5. The first-order chi connectivity index (χ1) is 12.7. The summed E-state index contributed by atoms with van der Waals surface area (Å²) >= 11 is 7.39.